The number of phosphoric ester groups is 1. The zero-order valence-corrected chi connectivity index (χ0v) is 25.1. The summed E-state index contributed by atoms with van der Waals surface area (Å²) in [4.78, 5) is 28.0. The smallest absolute Gasteiger partial charge is 0.463 e. The van der Waals surface area contributed by atoms with E-state index in [2.05, 4.69) is 11.4 Å². The molecule has 0 fully saturated rings. The minimum Gasteiger partial charge on any atom is -0.463 e. The molecule has 1 unspecified atom stereocenters. The Labute approximate surface area is 226 Å². The minimum absolute atomic E-state index is 0.0772. The number of carbonyl (C=O) groups is 1. The SMILES string of the molecule is CCCCCCCCCCCCCCCCCCC(=O)OCC(O)CO.C[N+](C)(C)CCOP(=O)(O)O. The molecule has 0 aliphatic heterocycles. The number of phosphoric acid groups is 1. The first-order valence-electron chi connectivity index (χ1n) is 14.4. The number of hydrogen-bond acceptors (Lipinski definition) is 6. The van der Waals surface area contributed by atoms with Gasteiger partial charge in [0.15, 0.2) is 0 Å². The number of rotatable bonds is 24. The fourth-order valence-corrected chi connectivity index (χ4v) is 3.88. The molecule has 0 heterocycles. The quantitative estimate of drug-likeness (QED) is 0.0542. The van der Waals surface area contributed by atoms with E-state index in [0.717, 1.165) is 12.8 Å². The molecule has 0 aliphatic rings. The molecule has 0 saturated heterocycles. The fourth-order valence-electron chi connectivity index (χ4n) is 3.57. The van der Waals surface area contributed by atoms with Gasteiger partial charge in [-0.15, -0.1) is 0 Å². The Morgan fingerprint density at radius 2 is 1.19 bits per heavy atom. The van der Waals surface area contributed by atoms with Crippen LogP contribution in [0.5, 0.6) is 0 Å². The van der Waals surface area contributed by atoms with Crippen molar-refractivity contribution in [1.82, 2.24) is 0 Å². The second kappa shape index (κ2) is 25.7. The normalized spacial score (nSPS) is 12.6. The van der Waals surface area contributed by atoms with Crippen molar-refractivity contribution in [1.29, 1.82) is 0 Å². The van der Waals surface area contributed by atoms with Crippen LogP contribution >= 0.6 is 7.82 Å². The van der Waals surface area contributed by atoms with Crippen LogP contribution in [0.1, 0.15) is 116 Å². The summed E-state index contributed by atoms with van der Waals surface area (Å²) in [6.45, 7) is 2.45. The summed E-state index contributed by atoms with van der Waals surface area (Å²) >= 11 is 0. The van der Waals surface area contributed by atoms with Gasteiger partial charge in [0.05, 0.1) is 27.7 Å². The molecule has 9 nitrogen and oxygen atoms in total. The average Bonchev–Trinajstić information content (AvgIpc) is 2.81. The van der Waals surface area contributed by atoms with E-state index in [-0.39, 0.29) is 25.8 Å². The topological polar surface area (TPSA) is 134 Å². The monoisotopic (exact) mass is 556 g/mol. The molecule has 0 aliphatic carbocycles. The molecule has 4 N–H and O–H groups in total. The van der Waals surface area contributed by atoms with Gasteiger partial charge in [-0.05, 0) is 6.42 Å². The molecule has 10 heteroatoms. The molecule has 0 rings (SSSR count). The van der Waals surface area contributed by atoms with E-state index in [4.69, 9.17) is 24.7 Å². The average molecular weight is 557 g/mol. The van der Waals surface area contributed by atoms with Crippen molar-refractivity contribution < 1.29 is 43.1 Å². The van der Waals surface area contributed by atoms with Crippen molar-refractivity contribution in [2.24, 2.45) is 0 Å². The van der Waals surface area contributed by atoms with Crippen molar-refractivity contribution >= 4 is 13.8 Å². The molecule has 0 aromatic carbocycles. The number of hydrogen-bond donors (Lipinski definition) is 4. The van der Waals surface area contributed by atoms with E-state index in [9.17, 15) is 9.36 Å². The van der Waals surface area contributed by atoms with Gasteiger partial charge in [0.1, 0.15) is 25.9 Å². The van der Waals surface area contributed by atoms with Crippen molar-refractivity contribution in [3.8, 4) is 0 Å². The van der Waals surface area contributed by atoms with Crippen LogP contribution < -0.4 is 0 Å². The predicted molar refractivity (Wildman–Crippen MR) is 149 cm³/mol. The van der Waals surface area contributed by atoms with Crippen LogP contribution in [0.25, 0.3) is 0 Å². The van der Waals surface area contributed by atoms with Crippen LogP contribution in [0, 0.1) is 0 Å². The van der Waals surface area contributed by atoms with Gasteiger partial charge < -0.3 is 29.2 Å². The summed E-state index contributed by atoms with van der Waals surface area (Å²) in [6.07, 6.45) is 20.5. The second-order valence-corrected chi connectivity index (χ2v) is 12.1. The van der Waals surface area contributed by atoms with Crippen LogP contribution in [0.2, 0.25) is 0 Å². The summed E-state index contributed by atoms with van der Waals surface area (Å²) in [7, 11) is 1.50. The number of aliphatic hydroxyl groups excluding tert-OH is 2. The van der Waals surface area contributed by atoms with Gasteiger partial charge >= 0.3 is 13.8 Å². The lowest BCUT2D eigenvalue weighted by Gasteiger charge is -2.23. The van der Waals surface area contributed by atoms with Gasteiger partial charge in [-0.1, -0.05) is 103 Å². The van der Waals surface area contributed by atoms with Gasteiger partial charge in [0.2, 0.25) is 0 Å². The highest BCUT2D eigenvalue weighted by Gasteiger charge is 2.16. The molecular weight excluding hydrogens is 497 g/mol. The molecule has 224 valence electrons. The Bertz CT molecular complexity index is 551. The minimum atomic E-state index is -4.26. The highest BCUT2D eigenvalue weighted by atomic mass is 31.2. The van der Waals surface area contributed by atoms with E-state index in [1.165, 1.54) is 89.9 Å². The number of ether oxygens (including phenoxy) is 1. The molecule has 37 heavy (non-hydrogen) atoms. The van der Waals surface area contributed by atoms with E-state index in [0.29, 0.717) is 17.4 Å². The lowest BCUT2D eigenvalue weighted by molar-refractivity contribution is -0.870. The van der Waals surface area contributed by atoms with Crippen LogP contribution in [0.4, 0.5) is 0 Å². The first-order valence-corrected chi connectivity index (χ1v) is 15.9. The van der Waals surface area contributed by atoms with Crippen LogP contribution in [0.15, 0.2) is 0 Å². The summed E-state index contributed by atoms with van der Waals surface area (Å²) in [6, 6.07) is 0. The van der Waals surface area contributed by atoms with E-state index in [1.54, 1.807) is 0 Å². The maximum atomic E-state index is 11.4. The Morgan fingerprint density at radius 3 is 1.54 bits per heavy atom. The van der Waals surface area contributed by atoms with Gasteiger partial charge in [0, 0.05) is 6.42 Å². The highest BCUT2D eigenvalue weighted by molar-refractivity contribution is 7.46. The van der Waals surface area contributed by atoms with Crippen LogP contribution in [-0.2, 0) is 18.6 Å². The Balaban J connectivity index is 0. The van der Waals surface area contributed by atoms with Crippen LogP contribution in [-0.4, -0.2) is 84.1 Å². The zero-order valence-electron chi connectivity index (χ0n) is 24.2. The zero-order chi connectivity index (χ0) is 28.4. The summed E-state index contributed by atoms with van der Waals surface area (Å²) in [5, 5.41) is 17.7. The number of unbranched alkanes of at least 4 members (excludes halogenated alkanes) is 15. The first-order chi connectivity index (χ1) is 17.4. The lowest BCUT2D eigenvalue weighted by Crippen LogP contribution is -2.37. The first kappa shape index (κ1) is 38.6. The van der Waals surface area contributed by atoms with Gasteiger partial charge in [-0.2, -0.15) is 0 Å². The highest BCUT2D eigenvalue weighted by Crippen LogP contribution is 2.35. The molecule has 1 atom stereocenters. The maximum absolute atomic E-state index is 11.4. The van der Waals surface area contributed by atoms with Crippen molar-refractivity contribution in [2.45, 2.75) is 122 Å². The third-order valence-electron chi connectivity index (χ3n) is 5.90. The number of nitrogens with zero attached hydrogens (tertiary/aromatic N) is 1. The number of carbonyl (C=O) groups excluding carboxylic acids is 1. The number of aliphatic hydroxyl groups is 2. The Hall–Kier alpha value is -0.540. The lowest BCUT2D eigenvalue weighted by atomic mass is 10.0. The molecule has 0 amide bonds. The van der Waals surface area contributed by atoms with Crippen molar-refractivity contribution in [2.75, 3.05) is 47.5 Å². The molecule has 0 saturated carbocycles. The summed E-state index contributed by atoms with van der Waals surface area (Å²) in [5.41, 5.74) is 0. The van der Waals surface area contributed by atoms with Gasteiger partial charge in [-0.3, -0.25) is 9.32 Å². The standard InChI is InChI=1S/C22H44O4.C5H14NO4P/c1-2-3-4-5-6-7-8-9-10-11-12-13-14-15-16-17-18-22(25)26-20-21(24)19-23;1-6(2,3)4-5-10-11(7,8)9/h21,23-24H,2-20H2,1H3;4-5H2,1-3H3,(H-,7,8,9)/p+1. The van der Waals surface area contributed by atoms with Crippen LogP contribution in [0.3, 0.4) is 0 Å². The maximum Gasteiger partial charge on any atom is 0.469 e. The number of esters is 1. The van der Waals surface area contributed by atoms with E-state index >= 15 is 0 Å². The third kappa shape index (κ3) is 37.7. The molecular formula is C27H59NO8P+. The molecule has 0 aromatic rings. The van der Waals surface area contributed by atoms with Crippen molar-refractivity contribution in [3.05, 3.63) is 0 Å². The molecule has 0 aromatic heterocycles. The van der Waals surface area contributed by atoms with E-state index in [1.807, 2.05) is 21.1 Å². The number of quaternary nitrogens is 1. The Morgan fingerprint density at radius 1 is 0.784 bits per heavy atom. The Kier molecular flexibility index (Phi) is 26.8. The third-order valence-corrected chi connectivity index (χ3v) is 6.42. The molecule has 0 radical (unpaired) electrons. The van der Waals surface area contributed by atoms with E-state index < -0.39 is 13.9 Å². The number of likely N-dealkylation sites (N-methyl/N-ethyl adjacent to an activating group) is 1. The molecule has 0 spiro atoms. The summed E-state index contributed by atoms with van der Waals surface area (Å²) < 4.78 is 19.9. The fraction of sp³-hybridized carbons (Fsp3) is 0.963. The van der Waals surface area contributed by atoms with Crippen molar-refractivity contribution in [3.63, 3.8) is 0 Å². The second-order valence-electron chi connectivity index (χ2n) is 10.9. The molecule has 0 bridgehead atoms. The summed E-state index contributed by atoms with van der Waals surface area (Å²) in [5.74, 6) is -0.275. The largest absolute Gasteiger partial charge is 0.469 e. The van der Waals surface area contributed by atoms with Gasteiger partial charge in [-0.25, -0.2) is 4.57 Å². The predicted octanol–water partition coefficient (Wildman–Crippen LogP) is 5.34. The van der Waals surface area contributed by atoms with Gasteiger partial charge in [0.25, 0.3) is 0 Å².